The van der Waals surface area contributed by atoms with Crippen LogP contribution in [0.1, 0.15) is 45.6 Å². The lowest BCUT2D eigenvalue weighted by atomic mass is 9.62. The molecule has 2 atom stereocenters. The molecule has 2 fully saturated rings. The largest absolute Gasteiger partial charge is 0.417 e. The lowest BCUT2D eigenvalue weighted by molar-refractivity contribution is -0.167. The summed E-state index contributed by atoms with van der Waals surface area (Å²) in [6.07, 6.45) is -3.61. The molecule has 5 nitrogen and oxygen atoms in total. The summed E-state index contributed by atoms with van der Waals surface area (Å²) in [6.45, 7) is 5.58. The molecule has 2 aliphatic rings. The van der Waals surface area contributed by atoms with Crippen LogP contribution in [0, 0.1) is 16.7 Å². The third-order valence-electron chi connectivity index (χ3n) is 6.63. The van der Waals surface area contributed by atoms with Crippen molar-refractivity contribution >= 4 is 35.0 Å². The zero-order chi connectivity index (χ0) is 21.8. The number of halogens is 4. The monoisotopic (exact) mass is 430 g/mol. The number of likely N-dealkylation sites (tertiary alicyclic amines) is 1. The Morgan fingerprint density at radius 3 is 2.55 bits per heavy atom. The number of amides is 3. The first-order valence-electron chi connectivity index (χ1n) is 9.31. The van der Waals surface area contributed by atoms with Gasteiger partial charge >= 0.3 is 6.18 Å². The van der Waals surface area contributed by atoms with Gasteiger partial charge in [0.2, 0.25) is 17.7 Å². The minimum absolute atomic E-state index is 0.0591. The lowest BCUT2D eigenvalue weighted by Crippen LogP contribution is -2.59. The van der Waals surface area contributed by atoms with Gasteiger partial charge in [0.25, 0.3) is 0 Å². The predicted octanol–water partition coefficient (Wildman–Crippen LogP) is 4.50. The van der Waals surface area contributed by atoms with E-state index in [-0.39, 0.29) is 36.4 Å². The Labute approximate surface area is 171 Å². The van der Waals surface area contributed by atoms with E-state index < -0.39 is 33.5 Å². The standard InChI is InChI=1S/C20H22ClF3N2O3/c1-18(2)12-6-8-19(18,3)17(29)26(16(12)28)9-7-15(27)25-11-4-5-14(21)13(10-11)20(22,23)24/h4-5,10,12H,6-9H2,1-3H3,(H,25,27). The first-order chi connectivity index (χ1) is 13.3. The van der Waals surface area contributed by atoms with Gasteiger partial charge in [-0.25, -0.2) is 0 Å². The Morgan fingerprint density at radius 1 is 1.28 bits per heavy atom. The molecular formula is C20H22ClF3N2O3. The SMILES string of the molecule is CC12CCC(C(=O)N(CCC(=O)Nc3ccc(Cl)c(C(F)(F)F)c3)C1=O)C2(C)C. The summed E-state index contributed by atoms with van der Waals surface area (Å²) >= 11 is 5.57. The average Bonchev–Trinajstić information content (AvgIpc) is 2.79. The number of rotatable bonds is 4. The van der Waals surface area contributed by atoms with E-state index in [2.05, 4.69) is 5.32 Å². The van der Waals surface area contributed by atoms with E-state index in [4.69, 9.17) is 11.6 Å². The first-order valence-corrected chi connectivity index (χ1v) is 9.69. The van der Waals surface area contributed by atoms with Gasteiger partial charge in [-0.05, 0) is 36.5 Å². The Kier molecular flexibility index (Phi) is 5.22. The zero-order valence-corrected chi connectivity index (χ0v) is 17.1. The molecule has 0 radical (unpaired) electrons. The maximum Gasteiger partial charge on any atom is 0.417 e. The molecule has 1 heterocycles. The summed E-state index contributed by atoms with van der Waals surface area (Å²) in [6, 6.07) is 3.07. The van der Waals surface area contributed by atoms with Crippen molar-refractivity contribution in [2.75, 3.05) is 11.9 Å². The molecule has 3 amide bonds. The number of anilines is 1. The fourth-order valence-corrected chi connectivity index (χ4v) is 4.59. The highest BCUT2D eigenvalue weighted by Gasteiger charge is 2.64. The van der Waals surface area contributed by atoms with Crippen LogP contribution in [0.25, 0.3) is 0 Å². The van der Waals surface area contributed by atoms with Crippen molar-refractivity contribution in [2.45, 2.75) is 46.2 Å². The van der Waals surface area contributed by atoms with Crippen LogP contribution in [-0.2, 0) is 20.6 Å². The number of carbonyl (C=O) groups excluding carboxylic acids is 3. The van der Waals surface area contributed by atoms with E-state index >= 15 is 0 Å². The molecule has 2 unspecified atom stereocenters. The number of carbonyl (C=O) groups is 3. The fourth-order valence-electron chi connectivity index (χ4n) is 4.37. The number of benzene rings is 1. The fraction of sp³-hybridized carbons (Fsp3) is 0.550. The molecule has 0 spiro atoms. The van der Waals surface area contributed by atoms with Crippen molar-refractivity contribution in [1.29, 1.82) is 0 Å². The molecule has 3 rings (SSSR count). The van der Waals surface area contributed by atoms with Crippen LogP contribution in [-0.4, -0.2) is 29.2 Å². The number of imide groups is 1. The van der Waals surface area contributed by atoms with E-state index in [1.807, 2.05) is 20.8 Å². The second-order valence-electron chi connectivity index (χ2n) is 8.43. The van der Waals surface area contributed by atoms with Gasteiger partial charge in [-0.1, -0.05) is 32.4 Å². The second-order valence-corrected chi connectivity index (χ2v) is 8.84. The predicted molar refractivity (Wildman–Crippen MR) is 101 cm³/mol. The van der Waals surface area contributed by atoms with Crippen molar-refractivity contribution in [3.63, 3.8) is 0 Å². The molecule has 9 heteroatoms. The maximum atomic E-state index is 12.9. The Balaban J connectivity index is 1.68. The molecule has 2 bridgehead atoms. The third kappa shape index (κ3) is 3.52. The summed E-state index contributed by atoms with van der Waals surface area (Å²) in [7, 11) is 0. The summed E-state index contributed by atoms with van der Waals surface area (Å²) in [5, 5.41) is 1.90. The van der Waals surface area contributed by atoms with E-state index in [1.165, 1.54) is 6.07 Å². The van der Waals surface area contributed by atoms with Crippen LogP contribution < -0.4 is 5.32 Å². The zero-order valence-electron chi connectivity index (χ0n) is 16.3. The minimum atomic E-state index is -4.65. The van der Waals surface area contributed by atoms with Gasteiger partial charge in [0.15, 0.2) is 0 Å². The van der Waals surface area contributed by atoms with Gasteiger partial charge in [-0.2, -0.15) is 13.2 Å². The highest BCUT2D eigenvalue weighted by Crippen LogP contribution is 2.60. The number of hydrogen-bond donors (Lipinski definition) is 1. The van der Waals surface area contributed by atoms with Gasteiger partial charge in [0.1, 0.15) is 0 Å². The van der Waals surface area contributed by atoms with Gasteiger partial charge in [-0.3, -0.25) is 19.3 Å². The summed E-state index contributed by atoms with van der Waals surface area (Å²) < 4.78 is 38.8. The quantitative estimate of drug-likeness (QED) is 0.715. The molecule has 1 aliphatic heterocycles. The van der Waals surface area contributed by atoms with Crippen molar-refractivity contribution in [3.8, 4) is 0 Å². The Morgan fingerprint density at radius 2 is 1.93 bits per heavy atom. The first kappa shape index (κ1) is 21.6. The van der Waals surface area contributed by atoms with Gasteiger partial charge in [0.05, 0.1) is 16.0 Å². The highest BCUT2D eigenvalue weighted by atomic mass is 35.5. The molecular weight excluding hydrogens is 409 g/mol. The number of alkyl halides is 3. The number of nitrogens with zero attached hydrogens (tertiary/aromatic N) is 1. The van der Waals surface area contributed by atoms with Crippen LogP contribution in [0.3, 0.4) is 0 Å². The Bertz CT molecular complexity index is 884. The average molecular weight is 431 g/mol. The van der Waals surface area contributed by atoms with Crippen molar-refractivity contribution in [3.05, 3.63) is 28.8 Å². The number of nitrogens with one attached hydrogen (secondary N) is 1. The normalized spacial score (nSPS) is 26.0. The van der Waals surface area contributed by atoms with Gasteiger partial charge in [-0.15, -0.1) is 0 Å². The molecule has 29 heavy (non-hydrogen) atoms. The lowest BCUT2D eigenvalue weighted by Gasteiger charge is -2.47. The van der Waals surface area contributed by atoms with Gasteiger partial charge in [0, 0.05) is 24.6 Å². The van der Waals surface area contributed by atoms with E-state index in [0.29, 0.717) is 12.8 Å². The molecule has 1 saturated heterocycles. The number of fused-ring (bicyclic) bond motifs is 2. The van der Waals surface area contributed by atoms with Crippen LogP contribution in [0.4, 0.5) is 18.9 Å². The second kappa shape index (κ2) is 7.00. The molecule has 1 aromatic carbocycles. The molecule has 1 saturated carbocycles. The summed E-state index contributed by atoms with van der Waals surface area (Å²) in [4.78, 5) is 39.0. The van der Waals surface area contributed by atoms with Crippen LogP contribution >= 0.6 is 11.6 Å². The smallest absolute Gasteiger partial charge is 0.326 e. The molecule has 1 aliphatic carbocycles. The molecule has 1 N–H and O–H groups in total. The topological polar surface area (TPSA) is 66.5 Å². The van der Waals surface area contributed by atoms with Gasteiger partial charge < -0.3 is 5.32 Å². The van der Waals surface area contributed by atoms with Crippen LogP contribution in [0.5, 0.6) is 0 Å². The summed E-state index contributed by atoms with van der Waals surface area (Å²) in [5.74, 6) is -1.45. The number of piperidine rings is 1. The van der Waals surface area contributed by atoms with Crippen molar-refractivity contribution < 1.29 is 27.6 Å². The molecule has 1 aromatic rings. The molecule has 0 aromatic heterocycles. The third-order valence-corrected chi connectivity index (χ3v) is 6.96. The van der Waals surface area contributed by atoms with Crippen molar-refractivity contribution in [1.82, 2.24) is 4.90 Å². The Hall–Kier alpha value is -2.09. The van der Waals surface area contributed by atoms with E-state index in [0.717, 1.165) is 17.0 Å². The van der Waals surface area contributed by atoms with E-state index in [9.17, 15) is 27.6 Å². The summed E-state index contributed by atoms with van der Waals surface area (Å²) in [5.41, 5.74) is -2.22. The van der Waals surface area contributed by atoms with E-state index in [1.54, 1.807) is 0 Å². The minimum Gasteiger partial charge on any atom is -0.326 e. The highest BCUT2D eigenvalue weighted by molar-refractivity contribution is 6.31. The van der Waals surface area contributed by atoms with Crippen LogP contribution in [0.15, 0.2) is 18.2 Å². The number of hydrogen-bond acceptors (Lipinski definition) is 3. The maximum absolute atomic E-state index is 12.9. The molecule has 158 valence electrons. The van der Waals surface area contributed by atoms with Crippen LogP contribution in [0.2, 0.25) is 5.02 Å². The van der Waals surface area contributed by atoms with Crippen molar-refractivity contribution in [2.24, 2.45) is 16.7 Å².